The summed E-state index contributed by atoms with van der Waals surface area (Å²) in [6.07, 6.45) is 3.37. The maximum atomic E-state index is 4.34. The molecule has 0 fully saturated rings. The Morgan fingerprint density at radius 3 is 2.61 bits per heavy atom. The van der Waals surface area contributed by atoms with Crippen molar-refractivity contribution < 1.29 is 0 Å². The van der Waals surface area contributed by atoms with Crippen LogP contribution in [-0.4, -0.2) is 15.0 Å². The van der Waals surface area contributed by atoms with Crippen molar-refractivity contribution in [3.8, 4) is 11.8 Å². The molecule has 0 N–H and O–H groups in total. The van der Waals surface area contributed by atoms with E-state index in [9.17, 15) is 0 Å². The van der Waals surface area contributed by atoms with Gasteiger partial charge in [0, 0.05) is 11.8 Å². The standard InChI is InChI=1S/C15H9N3/c1-2-5-12(6-3-1)8-9-13-11-17-14-7-4-10-16-15(14)18-13/h1-7,10-11H. The highest BCUT2D eigenvalue weighted by Gasteiger charge is 1.96. The topological polar surface area (TPSA) is 38.7 Å². The van der Waals surface area contributed by atoms with Gasteiger partial charge in [-0.05, 0) is 30.2 Å². The Morgan fingerprint density at radius 1 is 0.833 bits per heavy atom. The summed E-state index contributed by atoms with van der Waals surface area (Å²) in [7, 11) is 0. The summed E-state index contributed by atoms with van der Waals surface area (Å²) in [5.74, 6) is 6.03. The first-order valence-corrected chi connectivity index (χ1v) is 5.57. The third-order valence-corrected chi connectivity index (χ3v) is 2.43. The van der Waals surface area contributed by atoms with Crippen molar-refractivity contribution in [2.24, 2.45) is 0 Å². The van der Waals surface area contributed by atoms with Crippen molar-refractivity contribution in [1.29, 1.82) is 0 Å². The summed E-state index contributed by atoms with van der Waals surface area (Å²) in [4.78, 5) is 12.8. The normalized spacial score (nSPS) is 9.78. The van der Waals surface area contributed by atoms with Crippen LogP contribution in [0.25, 0.3) is 11.2 Å². The van der Waals surface area contributed by atoms with Crippen LogP contribution in [0.3, 0.4) is 0 Å². The fourth-order valence-corrected chi connectivity index (χ4v) is 1.57. The second-order valence-electron chi connectivity index (χ2n) is 3.72. The molecule has 0 radical (unpaired) electrons. The lowest BCUT2D eigenvalue weighted by atomic mass is 10.2. The number of hydrogen-bond donors (Lipinski definition) is 0. The molecule has 0 saturated carbocycles. The van der Waals surface area contributed by atoms with Crippen molar-refractivity contribution >= 4 is 11.2 Å². The van der Waals surface area contributed by atoms with Gasteiger partial charge in [0.1, 0.15) is 11.2 Å². The molecule has 0 aliphatic rings. The molecule has 0 aliphatic carbocycles. The Labute approximate surface area is 105 Å². The minimum absolute atomic E-state index is 0.623. The molecular weight excluding hydrogens is 222 g/mol. The lowest BCUT2D eigenvalue weighted by Crippen LogP contribution is -1.90. The van der Waals surface area contributed by atoms with Gasteiger partial charge in [0.15, 0.2) is 5.65 Å². The minimum atomic E-state index is 0.623. The monoisotopic (exact) mass is 231 g/mol. The molecule has 0 bridgehead atoms. The zero-order valence-corrected chi connectivity index (χ0v) is 9.54. The summed E-state index contributed by atoms with van der Waals surface area (Å²) in [5, 5.41) is 0. The van der Waals surface area contributed by atoms with Crippen molar-refractivity contribution in [2.45, 2.75) is 0 Å². The second kappa shape index (κ2) is 4.64. The predicted octanol–water partition coefficient (Wildman–Crippen LogP) is 2.42. The summed E-state index contributed by atoms with van der Waals surface area (Å²) >= 11 is 0. The van der Waals surface area contributed by atoms with Crippen molar-refractivity contribution in [3.63, 3.8) is 0 Å². The SMILES string of the molecule is C(#Cc1cnc2cccnc2n1)c1ccccc1. The van der Waals surface area contributed by atoms with Gasteiger partial charge in [0.05, 0.1) is 6.20 Å². The Balaban J connectivity index is 1.99. The highest BCUT2D eigenvalue weighted by atomic mass is 14.9. The average molecular weight is 231 g/mol. The molecule has 1 aromatic carbocycles. The summed E-state index contributed by atoms with van der Waals surface area (Å²) in [6, 6.07) is 13.5. The highest BCUT2D eigenvalue weighted by Crippen LogP contribution is 2.04. The quantitative estimate of drug-likeness (QED) is 0.558. The summed E-state index contributed by atoms with van der Waals surface area (Å²) in [6.45, 7) is 0. The number of hydrogen-bond acceptors (Lipinski definition) is 3. The molecule has 3 aromatic rings. The van der Waals surface area contributed by atoms with Crippen LogP contribution in [0.2, 0.25) is 0 Å². The lowest BCUT2D eigenvalue weighted by molar-refractivity contribution is 1.20. The smallest absolute Gasteiger partial charge is 0.179 e. The van der Waals surface area contributed by atoms with E-state index in [-0.39, 0.29) is 0 Å². The van der Waals surface area contributed by atoms with E-state index in [1.807, 2.05) is 42.5 Å². The lowest BCUT2D eigenvalue weighted by Gasteiger charge is -1.94. The van der Waals surface area contributed by atoms with Crippen molar-refractivity contribution in [3.05, 3.63) is 66.1 Å². The zero-order valence-electron chi connectivity index (χ0n) is 9.54. The van der Waals surface area contributed by atoms with Crippen LogP contribution in [0.1, 0.15) is 11.3 Å². The molecule has 3 nitrogen and oxygen atoms in total. The molecule has 18 heavy (non-hydrogen) atoms. The van der Waals surface area contributed by atoms with Crippen LogP contribution >= 0.6 is 0 Å². The van der Waals surface area contributed by atoms with Gasteiger partial charge in [-0.3, -0.25) is 0 Å². The van der Waals surface area contributed by atoms with E-state index in [0.717, 1.165) is 11.1 Å². The summed E-state index contributed by atoms with van der Waals surface area (Å²) in [5.41, 5.74) is 2.99. The van der Waals surface area contributed by atoms with E-state index in [4.69, 9.17) is 0 Å². The first-order valence-electron chi connectivity index (χ1n) is 5.57. The maximum absolute atomic E-state index is 4.34. The third kappa shape index (κ3) is 2.18. The Hall–Kier alpha value is -2.73. The van der Waals surface area contributed by atoms with Gasteiger partial charge >= 0.3 is 0 Å². The number of benzene rings is 1. The Kier molecular flexibility index (Phi) is 2.69. The number of nitrogens with zero attached hydrogens (tertiary/aromatic N) is 3. The fraction of sp³-hybridized carbons (Fsp3) is 0. The third-order valence-electron chi connectivity index (χ3n) is 2.43. The largest absolute Gasteiger partial charge is 0.250 e. The first kappa shape index (κ1) is 10.4. The molecule has 84 valence electrons. The van der Waals surface area contributed by atoms with Gasteiger partial charge in [-0.25, -0.2) is 15.0 Å². The zero-order chi connectivity index (χ0) is 12.2. The number of aromatic nitrogens is 3. The highest BCUT2D eigenvalue weighted by molar-refractivity contribution is 5.69. The van der Waals surface area contributed by atoms with E-state index in [2.05, 4.69) is 26.8 Å². The molecular formula is C15H9N3. The van der Waals surface area contributed by atoms with Gasteiger partial charge < -0.3 is 0 Å². The molecule has 0 atom stereocenters. The number of pyridine rings is 1. The van der Waals surface area contributed by atoms with Crippen LogP contribution < -0.4 is 0 Å². The van der Waals surface area contributed by atoms with E-state index < -0.39 is 0 Å². The number of rotatable bonds is 0. The molecule has 3 rings (SSSR count). The van der Waals surface area contributed by atoms with E-state index >= 15 is 0 Å². The minimum Gasteiger partial charge on any atom is -0.250 e. The van der Waals surface area contributed by atoms with Gasteiger partial charge in [0.2, 0.25) is 0 Å². The van der Waals surface area contributed by atoms with Crippen LogP contribution in [0.4, 0.5) is 0 Å². The van der Waals surface area contributed by atoms with Gasteiger partial charge in [-0.15, -0.1) is 0 Å². The summed E-state index contributed by atoms with van der Waals surface area (Å²) < 4.78 is 0. The van der Waals surface area contributed by atoms with E-state index in [1.165, 1.54) is 0 Å². The van der Waals surface area contributed by atoms with Gasteiger partial charge in [0.25, 0.3) is 0 Å². The van der Waals surface area contributed by atoms with Crippen LogP contribution in [0.5, 0.6) is 0 Å². The second-order valence-corrected chi connectivity index (χ2v) is 3.72. The molecule has 0 spiro atoms. The number of fused-ring (bicyclic) bond motifs is 1. The van der Waals surface area contributed by atoms with E-state index in [1.54, 1.807) is 12.4 Å². The first-order chi connectivity index (χ1) is 8.92. The van der Waals surface area contributed by atoms with Gasteiger partial charge in [-0.1, -0.05) is 24.1 Å². The average Bonchev–Trinajstić information content (AvgIpc) is 2.46. The molecule has 0 aliphatic heterocycles. The fourth-order valence-electron chi connectivity index (χ4n) is 1.57. The molecule has 0 amide bonds. The Bertz CT molecular complexity index is 740. The molecule has 0 unspecified atom stereocenters. The maximum Gasteiger partial charge on any atom is 0.179 e. The molecule has 2 aromatic heterocycles. The van der Waals surface area contributed by atoms with Gasteiger partial charge in [-0.2, -0.15) is 0 Å². The Morgan fingerprint density at radius 2 is 1.72 bits per heavy atom. The van der Waals surface area contributed by atoms with Crippen LogP contribution in [-0.2, 0) is 0 Å². The van der Waals surface area contributed by atoms with Crippen molar-refractivity contribution in [2.75, 3.05) is 0 Å². The predicted molar refractivity (Wildman–Crippen MR) is 69.8 cm³/mol. The van der Waals surface area contributed by atoms with Crippen LogP contribution in [0.15, 0.2) is 54.9 Å². The van der Waals surface area contributed by atoms with E-state index in [0.29, 0.717) is 11.3 Å². The van der Waals surface area contributed by atoms with Crippen LogP contribution in [0, 0.1) is 11.8 Å². The molecule has 0 saturated heterocycles. The molecule has 3 heteroatoms. The molecule has 2 heterocycles. The van der Waals surface area contributed by atoms with Crippen molar-refractivity contribution in [1.82, 2.24) is 15.0 Å².